The summed E-state index contributed by atoms with van der Waals surface area (Å²) >= 11 is 1.72. The van der Waals surface area contributed by atoms with Crippen LogP contribution in [0.15, 0.2) is 60.0 Å². The van der Waals surface area contributed by atoms with E-state index in [9.17, 15) is 0 Å². The van der Waals surface area contributed by atoms with Gasteiger partial charge in [0.2, 0.25) is 0 Å². The summed E-state index contributed by atoms with van der Waals surface area (Å²) in [7, 11) is 0. The highest BCUT2D eigenvalue weighted by molar-refractivity contribution is 7.13. The largest absolute Gasteiger partial charge is 0.312 e. The van der Waals surface area contributed by atoms with E-state index in [1.54, 1.807) is 11.3 Å². The van der Waals surface area contributed by atoms with Gasteiger partial charge in [-0.2, -0.15) is 0 Å². The van der Waals surface area contributed by atoms with Crippen molar-refractivity contribution >= 4 is 11.3 Å². The predicted octanol–water partition coefficient (Wildman–Crippen LogP) is 4.45. The fourth-order valence-electron chi connectivity index (χ4n) is 2.38. The Morgan fingerprint density at radius 2 is 1.77 bits per heavy atom. The fourth-order valence-corrected chi connectivity index (χ4v) is 3.24. The lowest BCUT2D eigenvalue weighted by Gasteiger charge is -2.06. The van der Waals surface area contributed by atoms with Crippen LogP contribution in [-0.2, 0) is 13.0 Å². The number of aryl methyl sites for hydroxylation is 1. The van der Waals surface area contributed by atoms with Gasteiger partial charge in [-0.25, -0.2) is 4.98 Å². The van der Waals surface area contributed by atoms with E-state index >= 15 is 0 Å². The highest BCUT2D eigenvalue weighted by Gasteiger charge is 2.04. The van der Waals surface area contributed by atoms with Crippen molar-refractivity contribution in [3.05, 3.63) is 76.8 Å². The molecule has 0 atom stereocenters. The number of hydrogen-bond donors (Lipinski definition) is 1. The zero-order valence-corrected chi connectivity index (χ0v) is 13.6. The van der Waals surface area contributed by atoms with E-state index in [1.807, 2.05) is 6.07 Å². The Bertz CT molecular complexity index is 719. The molecule has 1 aromatic heterocycles. The minimum atomic E-state index is 0.919. The molecule has 1 heterocycles. The summed E-state index contributed by atoms with van der Waals surface area (Å²) in [5.41, 5.74) is 5.08. The van der Waals surface area contributed by atoms with Crippen molar-refractivity contribution in [2.24, 2.45) is 0 Å². The maximum atomic E-state index is 4.72. The SMILES string of the molecule is Cc1ccccc1CNCCc1csc(-c2ccccc2)n1. The van der Waals surface area contributed by atoms with Crippen LogP contribution >= 0.6 is 11.3 Å². The zero-order chi connectivity index (χ0) is 15.2. The molecule has 0 amide bonds. The Hall–Kier alpha value is -1.97. The normalized spacial score (nSPS) is 10.8. The standard InChI is InChI=1S/C19H20N2S/c1-15-7-5-6-10-17(15)13-20-12-11-18-14-22-19(21-18)16-8-3-2-4-9-16/h2-10,14,20H,11-13H2,1H3. The molecule has 0 aliphatic heterocycles. The Labute approximate surface area is 135 Å². The first-order valence-corrected chi connectivity index (χ1v) is 8.46. The molecule has 0 saturated heterocycles. The highest BCUT2D eigenvalue weighted by Crippen LogP contribution is 2.23. The van der Waals surface area contributed by atoms with Crippen molar-refractivity contribution < 1.29 is 0 Å². The number of aromatic nitrogens is 1. The number of nitrogens with zero attached hydrogens (tertiary/aromatic N) is 1. The highest BCUT2D eigenvalue weighted by atomic mass is 32.1. The number of rotatable bonds is 6. The van der Waals surface area contributed by atoms with Gasteiger partial charge in [0.05, 0.1) is 5.69 Å². The van der Waals surface area contributed by atoms with Crippen molar-refractivity contribution in [1.29, 1.82) is 0 Å². The smallest absolute Gasteiger partial charge is 0.123 e. The van der Waals surface area contributed by atoms with Gasteiger partial charge in [0.1, 0.15) is 5.01 Å². The number of thiazole rings is 1. The first kappa shape index (κ1) is 14.9. The van der Waals surface area contributed by atoms with Gasteiger partial charge in [-0.3, -0.25) is 0 Å². The molecule has 0 fully saturated rings. The second kappa shape index (κ2) is 7.34. The lowest BCUT2D eigenvalue weighted by molar-refractivity contribution is 0.679. The van der Waals surface area contributed by atoms with Crippen LogP contribution in [-0.4, -0.2) is 11.5 Å². The average molecular weight is 308 g/mol. The molecule has 22 heavy (non-hydrogen) atoms. The molecule has 0 bridgehead atoms. The van der Waals surface area contributed by atoms with Crippen LogP contribution < -0.4 is 5.32 Å². The van der Waals surface area contributed by atoms with Crippen molar-refractivity contribution in [3.8, 4) is 10.6 Å². The Kier molecular flexibility index (Phi) is 4.99. The molecule has 2 aromatic carbocycles. The van der Waals surface area contributed by atoms with Crippen molar-refractivity contribution in [3.63, 3.8) is 0 Å². The molecular weight excluding hydrogens is 288 g/mol. The molecule has 0 saturated carbocycles. The molecule has 3 rings (SSSR count). The summed E-state index contributed by atoms with van der Waals surface area (Å²) in [6.07, 6.45) is 0.967. The zero-order valence-electron chi connectivity index (χ0n) is 12.8. The van der Waals surface area contributed by atoms with Gasteiger partial charge in [0, 0.05) is 30.5 Å². The van der Waals surface area contributed by atoms with Crippen molar-refractivity contribution in [2.45, 2.75) is 19.9 Å². The maximum absolute atomic E-state index is 4.72. The molecule has 3 aromatic rings. The van der Waals surface area contributed by atoms with Crippen LogP contribution in [0.4, 0.5) is 0 Å². The Balaban J connectivity index is 1.51. The lowest BCUT2D eigenvalue weighted by atomic mass is 10.1. The van der Waals surface area contributed by atoms with E-state index in [-0.39, 0.29) is 0 Å². The van der Waals surface area contributed by atoms with Gasteiger partial charge in [-0.15, -0.1) is 11.3 Å². The Morgan fingerprint density at radius 3 is 2.59 bits per heavy atom. The van der Waals surface area contributed by atoms with E-state index in [0.717, 1.165) is 24.5 Å². The summed E-state index contributed by atoms with van der Waals surface area (Å²) in [6.45, 7) is 4.03. The van der Waals surface area contributed by atoms with E-state index < -0.39 is 0 Å². The molecule has 0 unspecified atom stereocenters. The maximum Gasteiger partial charge on any atom is 0.123 e. The molecule has 0 aliphatic rings. The molecular formula is C19H20N2S. The third kappa shape index (κ3) is 3.81. The molecule has 0 radical (unpaired) electrons. The minimum Gasteiger partial charge on any atom is -0.312 e. The Morgan fingerprint density at radius 1 is 1.00 bits per heavy atom. The second-order valence-electron chi connectivity index (χ2n) is 5.36. The van der Waals surface area contributed by atoms with Crippen molar-refractivity contribution in [2.75, 3.05) is 6.54 Å². The quantitative estimate of drug-likeness (QED) is 0.680. The first-order chi connectivity index (χ1) is 10.8. The number of nitrogens with one attached hydrogen (secondary N) is 1. The minimum absolute atomic E-state index is 0.919. The average Bonchev–Trinajstić information content (AvgIpc) is 3.03. The number of benzene rings is 2. The molecule has 1 N–H and O–H groups in total. The summed E-state index contributed by atoms with van der Waals surface area (Å²) in [4.78, 5) is 4.72. The predicted molar refractivity (Wildman–Crippen MR) is 94.1 cm³/mol. The monoisotopic (exact) mass is 308 g/mol. The molecule has 0 aliphatic carbocycles. The van der Waals surface area contributed by atoms with E-state index in [1.165, 1.54) is 22.4 Å². The van der Waals surface area contributed by atoms with E-state index in [2.05, 4.69) is 66.2 Å². The van der Waals surface area contributed by atoms with Crippen LogP contribution in [0.5, 0.6) is 0 Å². The van der Waals surface area contributed by atoms with Gasteiger partial charge >= 0.3 is 0 Å². The van der Waals surface area contributed by atoms with Gasteiger partial charge < -0.3 is 5.32 Å². The topological polar surface area (TPSA) is 24.9 Å². The van der Waals surface area contributed by atoms with Crippen LogP contribution in [0.2, 0.25) is 0 Å². The van der Waals surface area contributed by atoms with Gasteiger partial charge in [-0.05, 0) is 18.1 Å². The fraction of sp³-hybridized carbons (Fsp3) is 0.211. The summed E-state index contributed by atoms with van der Waals surface area (Å²) in [5.74, 6) is 0. The van der Waals surface area contributed by atoms with Gasteiger partial charge in [0.15, 0.2) is 0 Å². The molecule has 112 valence electrons. The summed E-state index contributed by atoms with van der Waals surface area (Å²) in [6, 6.07) is 18.9. The third-order valence-corrected chi connectivity index (χ3v) is 4.65. The summed E-state index contributed by atoms with van der Waals surface area (Å²) < 4.78 is 0. The van der Waals surface area contributed by atoms with Crippen LogP contribution in [0, 0.1) is 6.92 Å². The van der Waals surface area contributed by atoms with Crippen molar-refractivity contribution in [1.82, 2.24) is 10.3 Å². The molecule has 0 spiro atoms. The van der Waals surface area contributed by atoms with Crippen LogP contribution in [0.1, 0.15) is 16.8 Å². The lowest BCUT2D eigenvalue weighted by Crippen LogP contribution is -2.17. The van der Waals surface area contributed by atoms with Gasteiger partial charge in [-0.1, -0.05) is 54.6 Å². The van der Waals surface area contributed by atoms with Crippen LogP contribution in [0.3, 0.4) is 0 Å². The number of hydrogen-bond acceptors (Lipinski definition) is 3. The molecule has 2 nitrogen and oxygen atoms in total. The van der Waals surface area contributed by atoms with E-state index in [0.29, 0.717) is 0 Å². The van der Waals surface area contributed by atoms with Gasteiger partial charge in [0.25, 0.3) is 0 Å². The first-order valence-electron chi connectivity index (χ1n) is 7.58. The third-order valence-electron chi connectivity index (χ3n) is 3.71. The molecule has 3 heteroatoms. The van der Waals surface area contributed by atoms with Crippen LogP contribution in [0.25, 0.3) is 10.6 Å². The summed E-state index contributed by atoms with van der Waals surface area (Å²) in [5, 5.41) is 6.78. The van der Waals surface area contributed by atoms with E-state index in [4.69, 9.17) is 4.98 Å². The second-order valence-corrected chi connectivity index (χ2v) is 6.22.